The van der Waals surface area contributed by atoms with E-state index in [0.717, 1.165) is 5.56 Å². The molecule has 0 aliphatic carbocycles. The Morgan fingerprint density at radius 2 is 1.47 bits per heavy atom. The highest BCUT2D eigenvalue weighted by Crippen LogP contribution is 2.20. The number of rotatable bonds is 2. The van der Waals surface area contributed by atoms with Crippen molar-refractivity contribution >= 4 is 0 Å². The Kier molecular flexibility index (Phi) is 2.79. The Morgan fingerprint density at radius 1 is 0.933 bits per heavy atom. The molecule has 0 unspecified atom stereocenters. The minimum atomic E-state index is 0.0940. The van der Waals surface area contributed by atoms with Gasteiger partial charge in [-0.05, 0) is 35.7 Å². The molecule has 2 N–H and O–H groups in total. The first-order valence-electron chi connectivity index (χ1n) is 5.03. The third-order valence-corrected chi connectivity index (χ3v) is 2.45. The van der Waals surface area contributed by atoms with Crippen molar-refractivity contribution in [2.45, 2.75) is 13.0 Å². The number of benzene rings is 1. The van der Waals surface area contributed by atoms with E-state index in [9.17, 15) is 0 Å². The number of nitrogens with zero attached hydrogens (tertiary/aromatic N) is 1. The molecule has 0 amide bonds. The third kappa shape index (κ3) is 2.22. The maximum Gasteiger partial charge on any atom is 0.0273 e. The zero-order chi connectivity index (χ0) is 10.7. The van der Waals surface area contributed by atoms with Gasteiger partial charge in [-0.1, -0.05) is 24.3 Å². The van der Waals surface area contributed by atoms with Crippen LogP contribution in [0.4, 0.5) is 0 Å². The summed E-state index contributed by atoms with van der Waals surface area (Å²) in [6.07, 6.45) is 3.60. The number of nitrogens with two attached hydrogens (primary N) is 1. The lowest BCUT2D eigenvalue weighted by Gasteiger charge is -2.06. The molecule has 1 heterocycles. The van der Waals surface area contributed by atoms with E-state index in [1.807, 2.05) is 19.1 Å². The van der Waals surface area contributed by atoms with Gasteiger partial charge in [0.05, 0.1) is 0 Å². The Hall–Kier alpha value is -1.67. The zero-order valence-electron chi connectivity index (χ0n) is 8.72. The van der Waals surface area contributed by atoms with Gasteiger partial charge >= 0.3 is 0 Å². The summed E-state index contributed by atoms with van der Waals surface area (Å²) < 4.78 is 0. The quantitative estimate of drug-likeness (QED) is 0.805. The van der Waals surface area contributed by atoms with Crippen molar-refractivity contribution in [1.82, 2.24) is 4.98 Å². The molecule has 2 nitrogen and oxygen atoms in total. The maximum absolute atomic E-state index is 5.79. The fourth-order valence-corrected chi connectivity index (χ4v) is 1.52. The Morgan fingerprint density at radius 3 is 2.00 bits per heavy atom. The highest BCUT2D eigenvalue weighted by atomic mass is 14.6. The van der Waals surface area contributed by atoms with Gasteiger partial charge in [0.15, 0.2) is 0 Å². The largest absolute Gasteiger partial charge is 0.324 e. The summed E-state index contributed by atoms with van der Waals surface area (Å²) in [4.78, 5) is 4.00. The van der Waals surface area contributed by atoms with Crippen LogP contribution in [0.15, 0.2) is 48.8 Å². The summed E-state index contributed by atoms with van der Waals surface area (Å²) in [6, 6.07) is 12.4. The first-order valence-corrected chi connectivity index (χ1v) is 5.03. The number of hydrogen-bond donors (Lipinski definition) is 1. The van der Waals surface area contributed by atoms with Crippen LogP contribution >= 0.6 is 0 Å². The molecule has 0 radical (unpaired) electrons. The first-order chi connectivity index (χ1) is 7.27. The summed E-state index contributed by atoms with van der Waals surface area (Å²) in [5.41, 5.74) is 9.33. The van der Waals surface area contributed by atoms with Gasteiger partial charge in [0.1, 0.15) is 0 Å². The molecular formula is C13H14N2. The van der Waals surface area contributed by atoms with Gasteiger partial charge in [-0.25, -0.2) is 0 Å². The van der Waals surface area contributed by atoms with Crippen LogP contribution in [0.25, 0.3) is 11.1 Å². The molecule has 0 aliphatic heterocycles. The normalized spacial score (nSPS) is 12.4. The molecule has 1 atom stereocenters. The molecule has 2 rings (SSSR count). The second-order valence-corrected chi connectivity index (χ2v) is 3.65. The van der Waals surface area contributed by atoms with Crippen LogP contribution in [-0.2, 0) is 0 Å². The summed E-state index contributed by atoms with van der Waals surface area (Å²) in [5.74, 6) is 0. The van der Waals surface area contributed by atoms with E-state index in [4.69, 9.17) is 5.73 Å². The molecule has 1 aromatic carbocycles. The molecule has 76 valence electrons. The Labute approximate surface area is 89.8 Å². The average Bonchev–Trinajstić information content (AvgIpc) is 2.30. The van der Waals surface area contributed by atoms with E-state index in [-0.39, 0.29) is 6.04 Å². The van der Waals surface area contributed by atoms with Gasteiger partial charge in [0.2, 0.25) is 0 Å². The van der Waals surface area contributed by atoms with Crippen LogP contribution < -0.4 is 5.73 Å². The van der Waals surface area contributed by atoms with E-state index >= 15 is 0 Å². The molecular weight excluding hydrogens is 184 g/mol. The standard InChI is InChI=1S/C13H14N2/c1-10(14)11-2-4-12(5-3-11)13-6-8-15-9-7-13/h2-10H,14H2,1H3/t10-/m0/s1. The van der Waals surface area contributed by atoms with E-state index in [2.05, 4.69) is 29.2 Å². The Bertz CT molecular complexity index is 418. The molecule has 0 spiro atoms. The van der Waals surface area contributed by atoms with Gasteiger partial charge < -0.3 is 5.73 Å². The number of hydrogen-bond acceptors (Lipinski definition) is 2. The van der Waals surface area contributed by atoms with Gasteiger partial charge in [-0.15, -0.1) is 0 Å². The van der Waals surface area contributed by atoms with E-state index in [1.54, 1.807) is 12.4 Å². The van der Waals surface area contributed by atoms with Crippen molar-refractivity contribution in [3.8, 4) is 11.1 Å². The lowest BCUT2D eigenvalue weighted by Crippen LogP contribution is -2.04. The molecule has 0 aliphatic rings. The second-order valence-electron chi connectivity index (χ2n) is 3.65. The minimum Gasteiger partial charge on any atom is -0.324 e. The van der Waals surface area contributed by atoms with Crippen LogP contribution in [0.5, 0.6) is 0 Å². The number of aromatic nitrogens is 1. The van der Waals surface area contributed by atoms with Gasteiger partial charge in [0.25, 0.3) is 0 Å². The second kappa shape index (κ2) is 4.24. The molecule has 1 aromatic heterocycles. The average molecular weight is 198 g/mol. The maximum atomic E-state index is 5.79. The van der Waals surface area contributed by atoms with Crippen LogP contribution in [0, 0.1) is 0 Å². The van der Waals surface area contributed by atoms with Crippen molar-refractivity contribution in [1.29, 1.82) is 0 Å². The molecule has 0 saturated carbocycles. The lowest BCUT2D eigenvalue weighted by molar-refractivity contribution is 0.818. The summed E-state index contributed by atoms with van der Waals surface area (Å²) in [5, 5.41) is 0. The Balaban J connectivity index is 2.32. The molecule has 15 heavy (non-hydrogen) atoms. The first kappa shape index (κ1) is 9.87. The molecule has 0 bridgehead atoms. The highest BCUT2D eigenvalue weighted by Gasteiger charge is 2.00. The summed E-state index contributed by atoms with van der Waals surface area (Å²) >= 11 is 0. The van der Waals surface area contributed by atoms with Gasteiger partial charge in [-0.2, -0.15) is 0 Å². The fraction of sp³-hybridized carbons (Fsp3) is 0.154. The van der Waals surface area contributed by atoms with Crippen molar-refractivity contribution in [3.05, 3.63) is 54.4 Å². The van der Waals surface area contributed by atoms with Crippen molar-refractivity contribution in [3.63, 3.8) is 0 Å². The monoisotopic (exact) mass is 198 g/mol. The van der Waals surface area contributed by atoms with E-state index in [1.165, 1.54) is 11.1 Å². The third-order valence-electron chi connectivity index (χ3n) is 2.45. The zero-order valence-corrected chi connectivity index (χ0v) is 8.72. The smallest absolute Gasteiger partial charge is 0.0273 e. The molecule has 2 aromatic rings. The van der Waals surface area contributed by atoms with Gasteiger partial charge in [0, 0.05) is 18.4 Å². The van der Waals surface area contributed by atoms with Crippen LogP contribution in [0.3, 0.4) is 0 Å². The predicted molar refractivity (Wildman–Crippen MR) is 62.3 cm³/mol. The van der Waals surface area contributed by atoms with Crippen LogP contribution in [0.1, 0.15) is 18.5 Å². The van der Waals surface area contributed by atoms with Crippen LogP contribution in [0.2, 0.25) is 0 Å². The molecule has 0 fully saturated rings. The number of pyridine rings is 1. The molecule has 0 saturated heterocycles. The van der Waals surface area contributed by atoms with E-state index in [0.29, 0.717) is 0 Å². The SMILES string of the molecule is C[C@H](N)c1ccc(-c2ccncc2)cc1. The van der Waals surface area contributed by atoms with Crippen molar-refractivity contribution in [2.75, 3.05) is 0 Å². The van der Waals surface area contributed by atoms with Crippen molar-refractivity contribution < 1.29 is 0 Å². The minimum absolute atomic E-state index is 0.0940. The van der Waals surface area contributed by atoms with E-state index < -0.39 is 0 Å². The van der Waals surface area contributed by atoms with Crippen LogP contribution in [-0.4, -0.2) is 4.98 Å². The molecule has 2 heteroatoms. The fourth-order valence-electron chi connectivity index (χ4n) is 1.52. The van der Waals surface area contributed by atoms with Crippen molar-refractivity contribution in [2.24, 2.45) is 5.73 Å². The highest BCUT2D eigenvalue weighted by molar-refractivity contribution is 5.62. The topological polar surface area (TPSA) is 38.9 Å². The summed E-state index contributed by atoms with van der Waals surface area (Å²) in [7, 11) is 0. The summed E-state index contributed by atoms with van der Waals surface area (Å²) in [6.45, 7) is 1.99. The van der Waals surface area contributed by atoms with Gasteiger partial charge in [-0.3, -0.25) is 4.98 Å². The predicted octanol–water partition coefficient (Wildman–Crippen LogP) is 2.77. The lowest BCUT2D eigenvalue weighted by atomic mass is 10.0.